The van der Waals surface area contributed by atoms with Crippen LogP contribution in [0, 0.1) is 17.3 Å². The van der Waals surface area contributed by atoms with Gasteiger partial charge in [-0.1, -0.05) is 20.8 Å². The van der Waals surface area contributed by atoms with Gasteiger partial charge in [0.2, 0.25) is 0 Å². The fraction of sp³-hybridized carbons (Fsp3) is 1.00. The summed E-state index contributed by atoms with van der Waals surface area (Å²) < 4.78 is 0. The molecule has 0 spiro atoms. The maximum atomic E-state index is 10.4. The minimum atomic E-state index is -0.119. The summed E-state index contributed by atoms with van der Waals surface area (Å²) in [6.45, 7) is 10.2. The predicted molar refractivity (Wildman–Crippen MR) is 75.6 cm³/mol. The minimum Gasteiger partial charge on any atom is -0.392 e. The molecule has 1 N–H and O–H groups in total. The Kier molecular flexibility index (Phi) is 4.05. The molecule has 3 heteroatoms. The number of hydrogen-bond acceptors (Lipinski definition) is 3. The lowest BCUT2D eigenvalue weighted by Gasteiger charge is -2.28. The van der Waals surface area contributed by atoms with Crippen LogP contribution in [0.15, 0.2) is 0 Å². The van der Waals surface area contributed by atoms with Gasteiger partial charge < -0.3 is 14.9 Å². The van der Waals surface area contributed by atoms with E-state index in [1.165, 1.54) is 19.4 Å². The molecule has 0 aromatic carbocycles. The summed E-state index contributed by atoms with van der Waals surface area (Å²) in [5.41, 5.74) is 0.122. The summed E-state index contributed by atoms with van der Waals surface area (Å²) >= 11 is 0. The van der Waals surface area contributed by atoms with Crippen LogP contribution in [0.1, 0.15) is 33.6 Å². The largest absolute Gasteiger partial charge is 0.392 e. The summed E-state index contributed by atoms with van der Waals surface area (Å²) in [6, 6.07) is 0.677. The predicted octanol–water partition coefficient (Wildman–Crippen LogP) is 1.67. The highest BCUT2D eigenvalue weighted by Crippen LogP contribution is 2.41. The van der Waals surface area contributed by atoms with E-state index in [9.17, 15) is 5.11 Å². The van der Waals surface area contributed by atoms with Crippen molar-refractivity contribution in [2.24, 2.45) is 17.3 Å². The zero-order valence-electron chi connectivity index (χ0n) is 12.7. The van der Waals surface area contributed by atoms with Gasteiger partial charge in [-0.25, -0.2) is 0 Å². The van der Waals surface area contributed by atoms with Crippen molar-refractivity contribution in [3.05, 3.63) is 0 Å². The van der Waals surface area contributed by atoms with Gasteiger partial charge in [0, 0.05) is 25.7 Å². The number of nitrogens with zero attached hydrogens (tertiary/aromatic N) is 2. The summed E-state index contributed by atoms with van der Waals surface area (Å²) in [6.07, 6.45) is 2.23. The van der Waals surface area contributed by atoms with Gasteiger partial charge in [0.25, 0.3) is 0 Å². The highest BCUT2D eigenvalue weighted by Gasteiger charge is 2.42. The molecular weight excluding hydrogens is 224 g/mol. The smallest absolute Gasteiger partial charge is 0.0631 e. The quantitative estimate of drug-likeness (QED) is 0.830. The van der Waals surface area contributed by atoms with Crippen molar-refractivity contribution in [3.63, 3.8) is 0 Å². The topological polar surface area (TPSA) is 26.7 Å². The molecule has 2 fully saturated rings. The summed E-state index contributed by atoms with van der Waals surface area (Å²) in [5, 5.41) is 10.4. The first kappa shape index (κ1) is 14.3. The third-order valence-corrected chi connectivity index (χ3v) is 5.21. The second-order valence-corrected chi connectivity index (χ2v) is 7.46. The van der Waals surface area contributed by atoms with Crippen LogP contribution in [0.25, 0.3) is 0 Å². The normalized spacial score (nSPS) is 40.8. The average Bonchev–Trinajstić information content (AvgIpc) is 2.74. The first-order valence-electron chi connectivity index (χ1n) is 7.38. The first-order valence-corrected chi connectivity index (χ1v) is 7.38. The van der Waals surface area contributed by atoms with Crippen LogP contribution in [-0.2, 0) is 0 Å². The molecule has 0 aromatic heterocycles. The van der Waals surface area contributed by atoms with E-state index in [0.29, 0.717) is 12.0 Å². The van der Waals surface area contributed by atoms with Gasteiger partial charge in [-0.2, -0.15) is 0 Å². The van der Waals surface area contributed by atoms with Gasteiger partial charge >= 0.3 is 0 Å². The zero-order chi connectivity index (χ0) is 13.5. The first-order chi connectivity index (χ1) is 8.31. The van der Waals surface area contributed by atoms with Crippen molar-refractivity contribution in [2.45, 2.75) is 45.8 Å². The van der Waals surface area contributed by atoms with Crippen LogP contribution in [0.2, 0.25) is 0 Å². The molecule has 3 nitrogen and oxygen atoms in total. The van der Waals surface area contributed by atoms with Crippen molar-refractivity contribution in [3.8, 4) is 0 Å². The lowest BCUT2D eigenvalue weighted by atomic mass is 9.87. The summed E-state index contributed by atoms with van der Waals surface area (Å²) in [4.78, 5) is 4.91. The van der Waals surface area contributed by atoms with E-state index in [0.717, 1.165) is 19.0 Å². The molecular formula is C15H30N2O. The third-order valence-electron chi connectivity index (χ3n) is 5.21. The van der Waals surface area contributed by atoms with Gasteiger partial charge in [-0.05, 0) is 44.2 Å². The average molecular weight is 254 g/mol. The Labute approximate surface area is 112 Å². The maximum absolute atomic E-state index is 10.4. The van der Waals surface area contributed by atoms with Crippen LogP contribution in [0.5, 0.6) is 0 Å². The lowest BCUT2D eigenvalue weighted by Crippen LogP contribution is -2.37. The highest BCUT2D eigenvalue weighted by atomic mass is 16.3. The molecule has 2 aliphatic rings. The number of hydrogen-bond donors (Lipinski definition) is 1. The Bertz CT molecular complexity index is 290. The number of aliphatic hydroxyl groups is 1. The van der Waals surface area contributed by atoms with E-state index in [1.807, 2.05) is 0 Å². The molecule has 0 amide bonds. The Balaban J connectivity index is 1.89. The van der Waals surface area contributed by atoms with Crippen molar-refractivity contribution in [1.82, 2.24) is 9.80 Å². The molecule has 18 heavy (non-hydrogen) atoms. The fourth-order valence-electron chi connectivity index (χ4n) is 3.89. The molecule has 1 saturated carbocycles. The molecule has 4 atom stereocenters. The van der Waals surface area contributed by atoms with Crippen LogP contribution >= 0.6 is 0 Å². The van der Waals surface area contributed by atoms with Crippen molar-refractivity contribution in [1.29, 1.82) is 0 Å². The van der Waals surface area contributed by atoms with E-state index >= 15 is 0 Å². The molecule has 1 saturated heterocycles. The number of rotatable bonds is 3. The Morgan fingerprint density at radius 1 is 1.28 bits per heavy atom. The van der Waals surface area contributed by atoms with Gasteiger partial charge in [-0.15, -0.1) is 0 Å². The molecule has 0 bridgehead atoms. The SMILES string of the molecule is CC1CN(CC2CCC(C)(C)C2O)CC1N(C)C. The maximum Gasteiger partial charge on any atom is 0.0631 e. The van der Waals surface area contributed by atoms with Gasteiger partial charge in [0.05, 0.1) is 6.10 Å². The van der Waals surface area contributed by atoms with Crippen molar-refractivity contribution < 1.29 is 5.11 Å². The van der Waals surface area contributed by atoms with Crippen molar-refractivity contribution in [2.75, 3.05) is 33.7 Å². The monoisotopic (exact) mass is 254 g/mol. The Morgan fingerprint density at radius 2 is 1.94 bits per heavy atom. The Morgan fingerprint density at radius 3 is 2.39 bits per heavy atom. The molecule has 4 unspecified atom stereocenters. The van der Waals surface area contributed by atoms with E-state index < -0.39 is 0 Å². The van der Waals surface area contributed by atoms with E-state index in [2.05, 4.69) is 44.7 Å². The molecule has 1 aliphatic carbocycles. The van der Waals surface area contributed by atoms with Gasteiger partial charge in [0.1, 0.15) is 0 Å². The second-order valence-electron chi connectivity index (χ2n) is 7.46. The minimum absolute atomic E-state index is 0.119. The van der Waals surface area contributed by atoms with Crippen LogP contribution in [0.4, 0.5) is 0 Å². The van der Waals surface area contributed by atoms with Crippen molar-refractivity contribution >= 4 is 0 Å². The van der Waals surface area contributed by atoms with E-state index in [1.54, 1.807) is 0 Å². The second kappa shape index (κ2) is 5.10. The van der Waals surface area contributed by atoms with E-state index in [4.69, 9.17) is 0 Å². The molecule has 0 radical (unpaired) electrons. The number of likely N-dealkylation sites (N-methyl/N-ethyl adjacent to an activating group) is 1. The highest BCUT2D eigenvalue weighted by molar-refractivity contribution is 4.94. The third kappa shape index (κ3) is 2.73. The standard InChI is InChI=1S/C15H30N2O/c1-11-8-17(10-13(11)16(4)5)9-12-6-7-15(2,3)14(12)18/h11-14,18H,6-10H2,1-5H3. The Hall–Kier alpha value is -0.120. The van der Waals surface area contributed by atoms with Crippen LogP contribution in [0.3, 0.4) is 0 Å². The molecule has 106 valence electrons. The number of likely N-dealkylation sites (tertiary alicyclic amines) is 1. The number of aliphatic hydroxyl groups excluding tert-OH is 1. The molecule has 1 heterocycles. The van der Waals surface area contributed by atoms with Gasteiger partial charge in [-0.3, -0.25) is 0 Å². The zero-order valence-corrected chi connectivity index (χ0v) is 12.7. The van der Waals surface area contributed by atoms with E-state index in [-0.39, 0.29) is 11.5 Å². The molecule has 1 aliphatic heterocycles. The molecule has 0 aromatic rings. The fourth-order valence-corrected chi connectivity index (χ4v) is 3.89. The van der Waals surface area contributed by atoms with Crippen LogP contribution < -0.4 is 0 Å². The summed E-state index contributed by atoms with van der Waals surface area (Å²) in [5.74, 6) is 1.22. The lowest BCUT2D eigenvalue weighted by molar-refractivity contribution is 0.0346. The van der Waals surface area contributed by atoms with Crippen LogP contribution in [-0.4, -0.2) is 60.8 Å². The molecule has 2 rings (SSSR count). The van der Waals surface area contributed by atoms with Gasteiger partial charge in [0.15, 0.2) is 0 Å². The summed E-state index contributed by atoms with van der Waals surface area (Å²) in [7, 11) is 4.36.